The van der Waals surface area contributed by atoms with Crippen LogP contribution in [0, 0.1) is 0 Å². The minimum Gasteiger partial charge on any atom is -0.475 e. The monoisotopic (exact) mass is 542 g/mol. The van der Waals surface area contributed by atoms with E-state index in [1.54, 1.807) is 17.5 Å². The molecule has 1 N–H and O–H groups in total. The first-order valence-electron chi connectivity index (χ1n) is 10.8. The standard InChI is InChI=1S/C20H20N4O3S2.C2HF3O2/c25-20-19-15(21-7-5-16(19)23-9-11-29(26,27)12-10-23)13-24(20)8-6-18-22-14-3-1-2-4-17(14)28-18;3-2(4,5)1(6)7/h1-5,7H,6,8-13H2;(H,6,7). The number of carboxylic acids is 1. The van der Waals surface area contributed by atoms with Crippen molar-refractivity contribution in [2.24, 2.45) is 0 Å². The number of nitrogens with zero attached hydrogens (tertiary/aromatic N) is 4. The number of benzene rings is 1. The van der Waals surface area contributed by atoms with Crippen LogP contribution in [-0.2, 0) is 27.6 Å². The van der Waals surface area contributed by atoms with Crippen molar-refractivity contribution in [3.8, 4) is 0 Å². The second-order valence-corrected chi connectivity index (χ2v) is 11.6. The van der Waals surface area contributed by atoms with Crippen LogP contribution in [-0.4, -0.2) is 77.6 Å². The average Bonchev–Trinajstić information content (AvgIpc) is 3.38. The molecule has 1 saturated heterocycles. The van der Waals surface area contributed by atoms with Crippen LogP contribution in [0.4, 0.5) is 18.9 Å². The highest BCUT2D eigenvalue weighted by Gasteiger charge is 2.38. The molecule has 5 rings (SSSR count). The first-order chi connectivity index (χ1) is 16.9. The minimum atomic E-state index is -5.08. The van der Waals surface area contributed by atoms with Crippen LogP contribution in [0.5, 0.6) is 0 Å². The fourth-order valence-electron chi connectivity index (χ4n) is 3.91. The van der Waals surface area contributed by atoms with Gasteiger partial charge in [0.2, 0.25) is 0 Å². The summed E-state index contributed by atoms with van der Waals surface area (Å²) in [6.07, 6.45) is -2.67. The van der Waals surface area contributed by atoms with Gasteiger partial charge >= 0.3 is 12.1 Å². The van der Waals surface area contributed by atoms with Crippen molar-refractivity contribution < 1.29 is 36.3 Å². The smallest absolute Gasteiger partial charge is 0.475 e. The summed E-state index contributed by atoms with van der Waals surface area (Å²) in [5.74, 6) is -2.54. The van der Waals surface area contributed by atoms with E-state index < -0.39 is 22.0 Å². The predicted molar refractivity (Wildman–Crippen MR) is 127 cm³/mol. The zero-order valence-electron chi connectivity index (χ0n) is 18.7. The number of fused-ring (bicyclic) bond motifs is 2. The van der Waals surface area contributed by atoms with Crippen LogP contribution in [0.3, 0.4) is 0 Å². The Morgan fingerprint density at radius 3 is 2.44 bits per heavy atom. The van der Waals surface area contributed by atoms with Crippen molar-refractivity contribution in [3.63, 3.8) is 0 Å². The molecule has 36 heavy (non-hydrogen) atoms. The van der Waals surface area contributed by atoms with Crippen molar-refractivity contribution in [1.82, 2.24) is 14.9 Å². The van der Waals surface area contributed by atoms with Crippen molar-refractivity contribution in [2.75, 3.05) is 36.0 Å². The quantitative estimate of drug-likeness (QED) is 0.535. The van der Waals surface area contributed by atoms with Crippen molar-refractivity contribution in [1.29, 1.82) is 0 Å². The zero-order valence-corrected chi connectivity index (χ0v) is 20.4. The average molecular weight is 543 g/mol. The number of aliphatic carboxylic acids is 1. The topological polar surface area (TPSA) is 121 Å². The number of halogens is 3. The van der Waals surface area contributed by atoms with Gasteiger partial charge in [-0.2, -0.15) is 13.2 Å². The van der Waals surface area contributed by atoms with E-state index in [1.165, 1.54) is 0 Å². The molecule has 2 aliphatic rings. The van der Waals surface area contributed by atoms with Gasteiger partial charge in [0.1, 0.15) is 0 Å². The number of aromatic nitrogens is 2. The van der Waals surface area contributed by atoms with Gasteiger partial charge in [0.25, 0.3) is 5.91 Å². The van der Waals surface area contributed by atoms with Crippen molar-refractivity contribution in [3.05, 3.63) is 52.8 Å². The first kappa shape index (κ1) is 25.8. The molecule has 1 aromatic carbocycles. The summed E-state index contributed by atoms with van der Waals surface area (Å²) in [7, 11) is -2.97. The highest BCUT2D eigenvalue weighted by Crippen LogP contribution is 2.31. The number of hydrogen-bond donors (Lipinski definition) is 1. The summed E-state index contributed by atoms with van der Waals surface area (Å²) in [6.45, 7) is 1.90. The molecular weight excluding hydrogens is 521 g/mol. The Bertz CT molecular complexity index is 1360. The third-order valence-corrected chi connectivity index (χ3v) is 8.42. The molecule has 0 bridgehead atoms. The number of carbonyl (C=O) groups excluding carboxylic acids is 1. The van der Waals surface area contributed by atoms with Crippen LogP contribution in [0.1, 0.15) is 21.1 Å². The minimum absolute atomic E-state index is 0.0300. The largest absolute Gasteiger partial charge is 0.490 e. The van der Waals surface area contributed by atoms with Gasteiger partial charge in [0.05, 0.1) is 50.2 Å². The molecule has 1 fully saturated rings. The number of thiazole rings is 1. The molecule has 0 radical (unpaired) electrons. The Morgan fingerprint density at radius 1 is 1.14 bits per heavy atom. The molecule has 14 heteroatoms. The normalized spacial score (nSPS) is 17.0. The number of hydrogen-bond acceptors (Lipinski definition) is 8. The van der Waals surface area contributed by atoms with Gasteiger partial charge in [0, 0.05) is 32.3 Å². The van der Waals surface area contributed by atoms with Crippen LogP contribution in [0.2, 0.25) is 0 Å². The lowest BCUT2D eigenvalue weighted by Gasteiger charge is -2.29. The number of amides is 1. The van der Waals surface area contributed by atoms with E-state index in [-0.39, 0.29) is 17.4 Å². The molecule has 0 atom stereocenters. The number of rotatable bonds is 4. The summed E-state index contributed by atoms with van der Waals surface area (Å²) in [5.41, 5.74) is 3.19. The molecule has 0 unspecified atom stereocenters. The van der Waals surface area contributed by atoms with E-state index in [0.29, 0.717) is 38.2 Å². The highest BCUT2D eigenvalue weighted by molar-refractivity contribution is 7.91. The maximum absolute atomic E-state index is 13.1. The summed E-state index contributed by atoms with van der Waals surface area (Å²) in [5, 5.41) is 8.14. The number of para-hydroxylation sites is 1. The molecule has 4 heterocycles. The highest BCUT2D eigenvalue weighted by atomic mass is 32.2. The van der Waals surface area contributed by atoms with Gasteiger partial charge in [-0.05, 0) is 18.2 Å². The van der Waals surface area contributed by atoms with Crippen LogP contribution >= 0.6 is 11.3 Å². The molecule has 2 aromatic heterocycles. The zero-order chi connectivity index (χ0) is 26.1. The third-order valence-electron chi connectivity index (χ3n) is 5.71. The van der Waals surface area contributed by atoms with Crippen molar-refractivity contribution >= 4 is 49.0 Å². The Hall–Kier alpha value is -3.26. The van der Waals surface area contributed by atoms with Crippen LogP contribution < -0.4 is 4.90 Å². The summed E-state index contributed by atoms with van der Waals surface area (Å²) in [6, 6.07) is 9.87. The number of sulfone groups is 1. The number of pyridine rings is 1. The molecule has 1 amide bonds. The Kier molecular flexibility index (Phi) is 7.18. The van der Waals surface area contributed by atoms with E-state index in [1.807, 2.05) is 34.1 Å². The maximum atomic E-state index is 13.1. The number of anilines is 1. The van der Waals surface area contributed by atoms with E-state index in [4.69, 9.17) is 9.90 Å². The van der Waals surface area contributed by atoms with Gasteiger partial charge in [-0.3, -0.25) is 9.78 Å². The fourth-order valence-corrected chi connectivity index (χ4v) is 6.07. The van der Waals surface area contributed by atoms with E-state index in [9.17, 15) is 26.4 Å². The summed E-state index contributed by atoms with van der Waals surface area (Å²) in [4.78, 5) is 34.9. The Balaban J connectivity index is 0.000000384. The first-order valence-corrected chi connectivity index (χ1v) is 13.5. The number of alkyl halides is 3. The predicted octanol–water partition coefficient (Wildman–Crippen LogP) is 2.76. The van der Waals surface area contributed by atoms with E-state index in [0.717, 1.165) is 26.6 Å². The molecule has 192 valence electrons. The Labute approximate surface area is 208 Å². The molecule has 2 aliphatic heterocycles. The van der Waals surface area contributed by atoms with Gasteiger partial charge < -0.3 is 14.9 Å². The SMILES string of the molecule is O=C(O)C(F)(F)F.O=C1c2c(N3CCS(=O)(=O)CC3)ccnc2CN1CCc1nc2ccccc2s1. The van der Waals surface area contributed by atoms with Gasteiger partial charge in [0.15, 0.2) is 9.84 Å². The lowest BCUT2D eigenvalue weighted by Crippen LogP contribution is -2.41. The third kappa shape index (κ3) is 5.75. The second kappa shape index (κ2) is 10.0. The molecular formula is C22H21F3N4O5S2. The molecule has 0 saturated carbocycles. The number of carboxylic acid groups (broad SMARTS) is 1. The maximum Gasteiger partial charge on any atom is 0.490 e. The van der Waals surface area contributed by atoms with Crippen molar-refractivity contribution in [2.45, 2.75) is 19.1 Å². The van der Waals surface area contributed by atoms with E-state index >= 15 is 0 Å². The molecule has 0 spiro atoms. The van der Waals surface area contributed by atoms with Crippen LogP contribution in [0.25, 0.3) is 10.2 Å². The lowest BCUT2D eigenvalue weighted by molar-refractivity contribution is -0.192. The Morgan fingerprint density at radius 2 is 1.81 bits per heavy atom. The second-order valence-electron chi connectivity index (χ2n) is 8.15. The lowest BCUT2D eigenvalue weighted by atomic mass is 10.1. The fraction of sp³-hybridized carbons (Fsp3) is 0.364. The van der Waals surface area contributed by atoms with Crippen LogP contribution in [0.15, 0.2) is 36.5 Å². The van der Waals surface area contributed by atoms with E-state index in [2.05, 4.69) is 16.0 Å². The summed E-state index contributed by atoms with van der Waals surface area (Å²) < 4.78 is 56.4. The number of carbonyl (C=O) groups is 2. The molecule has 3 aromatic rings. The molecule has 0 aliphatic carbocycles. The van der Waals surface area contributed by atoms with Gasteiger partial charge in [-0.15, -0.1) is 11.3 Å². The van der Waals surface area contributed by atoms with Gasteiger partial charge in [-0.25, -0.2) is 18.2 Å². The summed E-state index contributed by atoms with van der Waals surface area (Å²) >= 11 is 1.66. The van der Waals surface area contributed by atoms with Gasteiger partial charge in [-0.1, -0.05) is 12.1 Å². The molecule has 9 nitrogen and oxygen atoms in total.